The zero-order valence-electron chi connectivity index (χ0n) is 7.81. The lowest BCUT2D eigenvalue weighted by atomic mass is 10.3. The third kappa shape index (κ3) is 2.57. The highest BCUT2D eigenvalue weighted by Crippen LogP contribution is 2.30. The molecule has 76 valence electrons. The van der Waals surface area contributed by atoms with Crippen LogP contribution in [0.3, 0.4) is 0 Å². The summed E-state index contributed by atoms with van der Waals surface area (Å²) in [5.74, 6) is 0.00336. The Balaban J connectivity index is 2.22. The van der Waals surface area contributed by atoms with Crippen molar-refractivity contribution in [3.63, 3.8) is 0 Å². The zero-order valence-corrected chi connectivity index (χ0v) is 9.44. The number of nitrogens with zero attached hydrogens (tertiary/aromatic N) is 1. The maximum atomic E-state index is 7.29. The summed E-state index contributed by atoms with van der Waals surface area (Å²) in [4.78, 5) is 5.06. The minimum Gasteiger partial charge on any atom is -0.382 e. The van der Waals surface area contributed by atoms with Crippen molar-refractivity contribution in [1.29, 1.82) is 5.41 Å². The Labute approximate surface area is 95.9 Å². The second kappa shape index (κ2) is 4.46. The number of pyridine rings is 1. The molecule has 0 aliphatic carbocycles. The maximum absolute atomic E-state index is 7.29. The highest BCUT2D eigenvalue weighted by Gasteiger charge is 2.02. The number of nitrogens with two attached hydrogens (primary N) is 1. The summed E-state index contributed by atoms with van der Waals surface area (Å²) >= 11 is 3.34. The number of hydrogen-bond acceptors (Lipinski definition) is 4. The average molecular weight is 235 g/mol. The molecule has 0 radical (unpaired) electrons. The van der Waals surface area contributed by atoms with Crippen molar-refractivity contribution in [3.8, 4) is 0 Å². The van der Waals surface area contributed by atoms with E-state index in [1.165, 1.54) is 4.21 Å². The highest BCUT2D eigenvalue weighted by molar-refractivity contribution is 8.01. The van der Waals surface area contributed by atoms with Crippen LogP contribution in [0.1, 0.15) is 5.69 Å². The van der Waals surface area contributed by atoms with Crippen molar-refractivity contribution in [3.05, 3.63) is 41.5 Å². The summed E-state index contributed by atoms with van der Waals surface area (Å²) in [6.45, 7) is 0. The summed E-state index contributed by atoms with van der Waals surface area (Å²) in [6, 6.07) is 7.81. The van der Waals surface area contributed by atoms with Crippen LogP contribution in [0.25, 0.3) is 0 Å². The van der Waals surface area contributed by atoms with E-state index in [0.29, 0.717) is 5.69 Å². The van der Waals surface area contributed by atoms with Gasteiger partial charge in [-0.1, -0.05) is 17.8 Å². The van der Waals surface area contributed by atoms with Crippen LogP contribution in [-0.2, 0) is 0 Å². The normalized spacial score (nSPS) is 10.1. The van der Waals surface area contributed by atoms with E-state index in [0.717, 1.165) is 4.90 Å². The molecular weight excluding hydrogens is 226 g/mol. The van der Waals surface area contributed by atoms with E-state index >= 15 is 0 Å². The van der Waals surface area contributed by atoms with Crippen molar-refractivity contribution in [1.82, 2.24) is 4.98 Å². The molecule has 3 nitrogen and oxygen atoms in total. The zero-order chi connectivity index (χ0) is 10.7. The number of aromatic nitrogens is 1. The molecule has 2 rings (SSSR count). The van der Waals surface area contributed by atoms with Crippen LogP contribution in [-0.4, -0.2) is 10.8 Å². The molecule has 3 N–H and O–H groups in total. The number of amidine groups is 1. The quantitative estimate of drug-likeness (QED) is 0.635. The predicted octanol–water partition coefficient (Wildman–Crippen LogP) is 2.58. The van der Waals surface area contributed by atoms with E-state index in [9.17, 15) is 0 Å². The van der Waals surface area contributed by atoms with Crippen molar-refractivity contribution in [2.24, 2.45) is 5.73 Å². The van der Waals surface area contributed by atoms with Crippen molar-refractivity contribution >= 4 is 28.9 Å². The summed E-state index contributed by atoms with van der Waals surface area (Å²) in [7, 11) is 0. The van der Waals surface area contributed by atoms with Crippen molar-refractivity contribution in [2.45, 2.75) is 9.10 Å². The average Bonchev–Trinajstić information content (AvgIpc) is 2.71. The first kappa shape index (κ1) is 10.2. The standard InChI is InChI=1S/C10H9N3S2/c11-10(12)8-6-7(3-4-13-8)15-9-2-1-5-14-9/h1-6H,(H3,11,12). The fourth-order valence-corrected chi connectivity index (χ4v) is 2.83. The first-order chi connectivity index (χ1) is 7.25. The molecule has 2 aromatic rings. The van der Waals surface area contributed by atoms with Gasteiger partial charge in [-0.15, -0.1) is 11.3 Å². The summed E-state index contributed by atoms with van der Waals surface area (Å²) in [5, 5.41) is 9.33. The molecule has 2 heterocycles. The van der Waals surface area contributed by atoms with Gasteiger partial charge in [0, 0.05) is 11.1 Å². The Bertz CT molecular complexity index is 465. The molecule has 15 heavy (non-hydrogen) atoms. The lowest BCUT2D eigenvalue weighted by Crippen LogP contribution is -2.12. The van der Waals surface area contributed by atoms with Crippen LogP contribution in [0.5, 0.6) is 0 Å². The Morgan fingerprint density at radius 2 is 2.33 bits per heavy atom. The Kier molecular flexibility index (Phi) is 3.03. The SMILES string of the molecule is N=C(N)c1cc(Sc2cccs2)ccn1. The van der Waals surface area contributed by atoms with E-state index in [1.54, 1.807) is 29.3 Å². The second-order valence-corrected chi connectivity index (χ2v) is 5.15. The van der Waals surface area contributed by atoms with E-state index in [4.69, 9.17) is 11.1 Å². The van der Waals surface area contributed by atoms with E-state index in [2.05, 4.69) is 11.1 Å². The van der Waals surface area contributed by atoms with Gasteiger partial charge in [-0.05, 0) is 23.6 Å². The van der Waals surface area contributed by atoms with Crippen molar-refractivity contribution in [2.75, 3.05) is 0 Å². The predicted molar refractivity (Wildman–Crippen MR) is 63.7 cm³/mol. The molecule has 0 aromatic carbocycles. The van der Waals surface area contributed by atoms with Crippen LogP contribution in [0, 0.1) is 5.41 Å². The van der Waals surface area contributed by atoms with E-state index in [1.807, 2.05) is 23.6 Å². The summed E-state index contributed by atoms with van der Waals surface area (Å²) < 4.78 is 1.22. The van der Waals surface area contributed by atoms with Crippen molar-refractivity contribution < 1.29 is 0 Å². The molecule has 0 saturated carbocycles. The van der Waals surface area contributed by atoms with Crippen LogP contribution in [0.2, 0.25) is 0 Å². The van der Waals surface area contributed by atoms with Gasteiger partial charge in [0.25, 0.3) is 0 Å². The second-order valence-electron chi connectivity index (χ2n) is 2.82. The molecule has 0 aliphatic heterocycles. The van der Waals surface area contributed by atoms with Gasteiger partial charge >= 0.3 is 0 Å². The minimum absolute atomic E-state index is 0.00336. The lowest BCUT2D eigenvalue weighted by Gasteiger charge is -2.00. The molecule has 0 amide bonds. The van der Waals surface area contributed by atoms with Gasteiger partial charge in [0.05, 0.1) is 4.21 Å². The number of nitrogens with one attached hydrogen (secondary N) is 1. The van der Waals surface area contributed by atoms with Gasteiger partial charge in [0.15, 0.2) is 0 Å². The highest BCUT2D eigenvalue weighted by atomic mass is 32.2. The first-order valence-corrected chi connectivity index (χ1v) is 5.97. The molecule has 0 bridgehead atoms. The minimum atomic E-state index is 0.00336. The summed E-state index contributed by atoms with van der Waals surface area (Å²) in [6.07, 6.45) is 1.67. The van der Waals surface area contributed by atoms with Crippen LogP contribution in [0.4, 0.5) is 0 Å². The molecule has 2 aromatic heterocycles. The fraction of sp³-hybridized carbons (Fsp3) is 0. The maximum Gasteiger partial charge on any atom is 0.141 e. The van der Waals surface area contributed by atoms with E-state index < -0.39 is 0 Å². The number of hydrogen-bond donors (Lipinski definition) is 2. The molecule has 0 spiro atoms. The molecule has 0 aliphatic rings. The lowest BCUT2D eigenvalue weighted by molar-refractivity contribution is 1.21. The number of rotatable bonds is 3. The van der Waals surface area contributed by atoms with Crippen LogP contribution < -0.4 is 5.73 Å². The fourth-order valence-electron chi connectivity index (χ4n) is 1.06. The molecule has 0 atom stereocenters. The molecule has 0 saturated heterocycles. The Morgan fingerprint density at radius 3 is 3.00 bits per heavy atom. The molecule has 0 fully saturated rings. The van der Waals surface area contributed by atoms with Crippen LogP contribution in [0.15, 0.2) is 44.9 Å². The van der Waals surface area contributed by atoms with Gasteiger partial charge in [0.1, 0.15) is 11.5 Å². The summed E-state index contributed by atoms with van der Waals surface area (Å²) in [5.41, 5.74) is 5.89. The Hall–Kier alpha value is -1.33. The topological polar surface area (TPSA) is 62.8 Å². The molecule has 5 heteroatoms. The van der Waals surface area contributed by atoms with Gasteiger partial charge in [-0.2, -0.15) is 0 Å². The smallest absolute Gasteiger partial charge is 0.141 e. The van der Waals surface area contributed by atoms with Crippen LogP contribution >= 0.6 is 23.1 Å². The number of thiophene rings is 1. The molecule has 0 unspecified atom stereocenters. The van der Waals surface area contributed by atoms with Gasteiger partial charge < -0.3 is 5.73 Å². The van der Waals surface area contributed by atoms with Gasteiger partial charge in [0.2, 0.25) is 0 Å². The Morgan fingerprint density at radius 1 is 1.47 bits per heavy atom. The third-order valence-electron chi connectivity index (χ3n) is 1.72. The number of nitrogen functional groups attached to an aromatic ring is 1. The monoisotopic (exact) mass is 235 g/mol. The van der Waals surface area contributed by atoms with Gasteiger partial charge in [-0.3, -0.25) is 10.4 Å². The largest absolute Gasteiger partial charge is 0.382 e. The third-order valence-corrected chi connectivity index (χ3v) is 3.75. The molecular formula is C10H9N3S2. The van der Waals surface area contributed by atoms with E-state index in [-0.39, 0.29) is 5.84 Å². The first-order valence-electron chi connectivity index (χ1n) is 4.27. The van der Waals surface area contributed by atoms with Gasteiger partial charge in [-0.25, -0.2) is 0 Å².